The molecule has 0 aliphatic rings. The van der Waals surface area contributed by atoms with Crippen molar-refractivity contribution in [2.24, 2.45) is 0 Å². The quantitative estimate of drug-likeness (QED) is 0.0754. The van der Waals surface area contributed by atoms with Crippen LogP contribution in [-0.2, 0) is 30.7 Å². The summed E-state index contributed by atoms with van der Waals surface area (Å²) in [7, 11) is -9.82. The Hall–Kier alpha value is 0.0544. The van der Waals surface area contributed by atoms with E-state index in [0.717, 1.165) is 18.5 Å². The van der Waals surface area contributed by atoms with E-state index in [-0.39, 0.29) is 5.57 Å². The van der Waals surface area contributed by atoms with Gasteiger partial charge in [0.1, 0.15) is 15.9 Å². The van der Waals surface area contributed by atoms with Crippen LogP contribution in [0.3, 0.4) is 0 Å². The van der Waals surface area contributed by atoms with Crippen molar-refractivity contribution in [1.82, 2.24) is 0 Å². The van der Waals surface area contributed by atoms with Gasteiger partial charge >= 0.3 is 31.7 Å². The zero-order chi connectivity index (χ0) is 27.5. The Morgan fingerprint density at radius 3 is 2.03 bits per heavy atom. The first-order valence-electron chi connectivity index (χ1n) is 12.7. The molecular formula is C22H52O8Si5. The number of unbranched alkanes of at least 4 members (excludes halogenated alkanes) is 1. The molecule has 0 amide bonds. The van der Waals surface area contributed by atoms with Crippen LogP contribution in [0.2, 0.25) is 64.5 Å². The second-order valence-electron chi connectivity index (χ2n) is 11.2. The molecule has 13 heteroatoms. The van der Waals surface area contributed by atoms with Crippen molar-refractivity contribution < 1.29 is 35.8 Å². The molecule has 0 aromatic heterocycles. The molecule has 3 atom stereocenters. The topological polar surface area (TPSA) is 92.7 Å². The lowest BCUT2D eigenvalue weighted by atomic mass is 10.3. The summed E-state index contributed by atoms with van der Waals surface area (Å²) in [6.07, 6.45) is 1.01. The standard InChI is InChI=1S/C22H52O8Si5/c1-13-14-17-31-27-35(12,30-34(10,11)29-33(8,9)28-32(5,6)7)18-15-16-25-22(20(4)23)26-21(24)19(2)3/h20,22-23H,2,13-18,31H2,1,3-12H3. The third-order valence-electron chi connectivity index (χ3n) is 4.68. The molecule has 1 N–H and O–H groups in total. The minimum Gasteiger partial charge on any atom is -0.442 e. The van der Waals surface area contributed by atoms with Gasteiger partial charge in [0.05, 0.1) is 6.61 Å². The summed E-state index contributed by atoms with van der Waals surface area (Å²) < 4.78 is 37.1. The number of hydrogen-bond donors (Lipinski definition) is 1. The molecule has 0 aromatic carbocycles. The van der Waals surface area contributed by atoms with Crippen LogP contribution in [0.1, 0.15) is 40.0 Å². The van der Waals surface area contributed by atoms with Crippen LogP contribution in [0.4, 0.5) is 0 Å². The normalized spacial score (nSPS) is 16.8. The van der Waals surface area contributed by atoms with E-state index in [4.69, 9.17) is 25.9 Å². The van der Waals surface area contributed by atoms with Crippen molar-refractivity contribution in [3.05, 3.63) is 12.2 Å². The van der Waals surface area contributed by atoms with Crippen LogP contribution >= 0.6 is 0 Å². The van der Waals surface area contributed by atoms with Gasteiger partial charge in [0.15, 0.2) is 8.32 Å². The predicted octanol–water partition coefficient (Wildman–Crippen LogP) is 4.90. The van der Waals surface area contributed by atoms with E-state index in [0.29, 0.717) is 13.0 Å². The molecule has 8 nitrogen and oxygen atoms in total. The fraction of sp³-hybridized carbons (Fsp3) is 0.864. The predicted molar refractivity (Wildman–Crippen MR) is 154 cm³/mol. The summed E-state index contributed by atoms with van der Waals surface area (Å²) >= 11 is 0. The van der Waals surface area contributed by atoms with Gasteiger partial charge in [0.2, 0.25) is 6.29 Å². The largest absolute Gasteiger partial charge is 0.442 e. The van der Waals surface area contributed by atoms with Gasteiger partial charge < -0.3 is 31.0 Å². The Kier molecular flexibility index (Phi) is 15.5. The molecule has 0 heterocycles. The van der Waals surface area contributed by atoms with Crippen LogP contribution in [0.5, 0.6) is 0 Å². The number of ether oxygens (including phenoxy) is 2. The van der Waals surface area contributed by atoms with Crippen LogP contribution in [0, 0.1) is 0 Å². The molecule has 0 saturated heterocycles. The molecule has 0 bridgehead atoms. The minimum atomic E-state index is -2.53. The number of aliphatic hydroxyl groups excluding tert-OH is 1. The van der Waals surface area contributed by atoms with Crippen molar-refractivity contribution in [2.75, 3.05) is 6.61 Å². The molecule has 0 aliphatic heterocycles. The lowest BCUT2D eigenvalue weighted by Gasteiger charge is -2.41. The van der Waals surface area contributed by atoms with Gasteiger partial charge in [-0.1, -0.05) is 26.3 Å². The molecule has 0 radical (unpaired) electrons. The average Bonchev–Trinajstić information content (AvgIpc) is 2.63. The van der Waals surface area contributed by atoms with Crippen molar-refractivity contribution in [3.63, 3.8) is 0 Å². The number of rotatable bonds is 19. The fourth-order valence-corrected chi connectivity index (χ4v) is 25.2. The molecular weight excluding hydrogens is 533 g/mol. The first kappa shape index (κ1) is 35.1. The number of hydrogen-bond acceptors (Lipinski definition) is 8. The second-order valence-corrected chi connectivity index (χ2v) is 28.5. The Morgan fingerprint density at radius 1 is 0.971 bits per heavy atom. The Balaban J connectivity index is 5.19. The lowest BCUT2D eigenvalue weighted by Crippen LogP contribution is -2.57. The summed E-state index contributed by atoms with van der Waals surface area (Å²) in [5.41, 5.74) is 0.259. The summed E-state index contributed by atoms with van der Waals surface area (Å²) in [6.45, 7) is 26.1. The van der Waals surface area contributed by atoms with Gasteiger partial charge in [-0.05, 0) is 84.7 Å². The zero-order valence-corrected chi connectivity index (χ0v) is 29.5. The van der Waals surface area contributed by atoms with Gasteiger partial charge in [-0.15, -0.1) is 0 Å². The highest BCUT2D eigenvalue weighted by Gasteiger charge is 2.44. The third-order valence-corrected chi connectivity index (χ3v) is 22.0. The monoisotopic (exact) mass is 584 g/mol. The maximum absolute atomic E-state index is 11.8. The molecule has 208 valence electrons. The summed E-state index contributed by atoms with van der Waals surface area (Å²) in [4.78, 5) is 11.8. The van der Waals surface area contributed by atoms with Crippen LogP contribution < -0.4 is 0 Å². The van der Waals surface area contributed by atoms with Crippen LogP contribution in [0.25, 0.3) is 0 Å². The molecule has 0 aromatic rings. The van der Waals surface area contributed by atoms with Crippen molar-refractivity contribution in [2.45, 2.75) is 117 Å². The molecule has 0 fully saturated rings. The Morgan fingerprint density at radius 2 is 1.54 bits per heavy atom. The molecule has 0 rings (SSSR count). The van der Waals surface area contributed by atoms with Crippen molar-refractivity contribution >= 4 is 49.7 Å². The van der Waals surface area contributed by atoms with E-state index in [1.165, 1.54) is 13.3 Å². The van der Waals surface area contributed by atoms with E-state index in [1.807, 2.05) is 0 Å². The van der Waals surface area contributed by atoms with Gasteiger partial charge in [-0.25, -0.2) is 4.79 Å². The number of carbonyl (C=O) groups excluding carboxylic acids is 1. The average molecular weight is 585 g/mol. The first-order valence-corrected chi connectivity index (χ1v) is 25.9. The van der Waals surface area contributed by atoms with Crippen molar-refractivity contribution in [1.29, 1.82) is 0 Å². The molecule has 35 heavy (non-hydrogen) atoms. The van der Waals surface area contributed by atoms with Gasteiger partial charge in [0.25, 0.3) is 0 Å². The third kappa shape index (κ3) is 17.2. The summed E-state index contributed by atoms with van der Waals surface area (Å²) in [5.74, 6) is -0.582. The smallest absolute Gasteiger partial charge is 0.335 e. The fourth-order valence-electron chi connectivity index (χ4n) is 3.75. The Labute approximate surface area is 220 Å². The van der Waals surface area contributed by atoms with Crippen molar-refractivity contribution in [3.8, 4) is 0 Å². The van der Waals surface area contributed by atoms with E-state index in [2.05, 4.69) is 65.9 Å². The van der Waals surface area contributed by atoms with Gasteiger partial charge in [-0.3, -0.25) is 0 Å². The van der Waals surface area contributed by atoms with Crippen LogP contribution in [-0.4, -0.2) is 73.8 Å². The molecule has 0 spiro atoms. The number of aliphatic hydroxyl groups is 1. The van der Waals surface area contributed by atoms with E-state index in [1.54, 1.807) is 6.92 Å². The first-order chi connectivity index (χ1) is 15.8. The molecule has 3 unspecified atom stereocenters. The van der Waals surface area contributed by atoms with Gasteiger partial charge in [-0.2, -0.15) is 0 Å². The highest BCUT2D eigenvalue weighted by molar-refractivity contribution is 6.89. The highest BCUT2D eigenvalue weighted by Crippen LogP contribution is 2.27. The highest BCUT2D eigenvalue weighted by atomic mass is 28.5. The molecule has 0 aliphatic carbocycles. The van der Waals surface area contributed by atoms with E-state index >= 15 is 0 Å². The minimum absolute atomic E-state index is 0.259. The van der Waals surface area contributed by atoms with E-state index in [9.17, 15) is 9.90 Å². The summed E-state index contributed by atoms with van der Waals surface area (Å²) in [5, 5.41) is 9.93. The Bertz CT molecular complexity index is 654. The van der Waals surface area contributed by atoms with Gasteiger partial charge in [0, 0.05) is 5.57 Å². The van der Waals surface area contributed by atoms with Crippen LogP contribution in [0.15, 0.2) is 12.2 Å². The molecule has 0 saturated carbocycles. The maximum atomic E-state index is 11.8. The number of carbonyl (C=O) groups is 1. The van der Waals surface area contributed by atoms with E-state index < -0.39 is 62.1 Å². The zero-order valence-electron chi connectivity index (χ0n) is 24.1. The maximum Gasteiger partial charge on any atom is 0.335 e. The number of esters is 1. The SMILES string of the molecule is C=C(C)C(=O)OC(OCCC[Si](C)(O[SiH2]CCCC)O[Si](C)(C)O[Si](C)(C)O[Si](C)(C)C)C(C)O. The summed E-state index contributed by atoms with van der Waals surface area (Å²) in [6, 6.07) is 1.85. The lowest BCUT2D eigenvalue weighted by molar-refractivity contribution is -0.196. The second kappa shape index (κ2) is 15.5.